The van der Waals surface area contributed by atoms with E-state index in [0.29, 0.717) is 17.5 Å². The van der Waals surface area contributed by atoms with E-state index in [9.17, 15) is 0 Å². The van der Waals surface area contributed by atoms with Crippen LogP contribution < -0.4 is 0 Å². The summed E-state index contributed by atoms with van der Waals surface area (Å²) in [6.45, 7) is 0. The van der Waals surface area contributed by atoms with Crippen molar-refractivity contribution < 1.29 is 4.42 Å². The third-order valence-corrected chi connectivity index (χ3v) is 8.97. The molecule has 0 aliphatic heterocycles. The van der Waals surface area contributed by atoms with Crippen LogP contribution in [0.5, 0.6) is 0 Å². The van der Waals surface area contributed by atoms with Crippen LogP contribution in [0.3, 0.4) is 0 Å². The highest BCUT2D eigenvalue weighted by atomic mass is 16.3. The fourth-order valence-electron chi connectivity index (χ4n) is 6.54. The molecule has 4 nitrogen and oxygen atoms in total. The molecule has 0 aliphatic carbocycles. The minimum atomic E-state index is 0.612. The Morgan fingerprint density at radius 3 is 1.61 bits per heavy atom. The number of rotatable bonds is 6. The minimum absolute atomic E-state index is 0.612. The highest BCUT2D eigenvalue weighted by Gasteiger charge is 2.17. The quantitative estimate of drug-likeness (QED) is 0.184. The molecule has 0 N–H and O–H groups in total. The van der Waals surface area contributed by atoms with Gasteiger partial charge in [0, 0.05) is 33.0 Å². The topological polar surface area (TPSA) is 51.8 Å². The number of benzene rings is 7. The Balaban J connectivity index is 1.18. The molecule has 2 heterocycles. The number of fused-ring (bicyclic) bond motifs is 3. The molecule has 0 radical (unpaired) electrons. The van der Waals surface area contributed by atoms with E-state index in [1.807, 2.05) is 36.4 Å². The van der Waals surface area contributed by atoms with Crippen molar-refractivity contribution in [2.45, 2.75) is 0 Å². The molecule has 0 amide bonds. The van der Waals surface area contributed by atoms with Gasteiger partial charge in [-0.25, -0.2) is 15.0 Å². The molecule has 0 atom stereocenters. The van der Waals surface area contributed by atoms with Crippen LogP contribution in [0.15, 0.2) is 180 Å². The SMILES string of the molecule is c1ccc(-c2cccc(-c3nc(-c4ccc(-c5cccc6c5oc5ccccc56)cc4)nc(-c4ccccc4-c4ccccc4)n3)c2)cc1. The molecule has 0 spiro atoms. The van der Waals surface area contributed by atoms with Crippen LogP contribution in [-0.2, 0) is 0 Å². The number of hydrogen-bond donors (Lipinski definition) is 0. The molecule has 0 saturated carbocycles. The number of hydrogen-bond acceptors (Lipinski definition) is 4. The molecule has 0 bridgehead atoms. The first-order valence-electron chi connectivity index (χ1n) is 16.4. The highest BCUT2D eigenvalue weighted by molar-refractivity contribution is 6.09. The predicted molar refractivity (Wildman–Crippen MR) is 200 cm³/mol. The van der Waals surface area contributed by atoms with E-state index in [2.05, 4.69) is 140 Å². The van der Waals surface area contributed by atoms with Crippen molar-refractivity contribution in [2.24, 2.45) is 0 Å². The Kier molecular flexibility index (Phi) is 7.10. The minimum Gasteiger partial charge on any atom is -0.455 e. The molecule has 49 heavy (non-hydrogen) atoms. The zero-order valence-corrected chi connectivity index (χ0v) is 26.5. The Morgan fingerprint density at radius 1 is 0.306 bits per heavy atom. The highest BCUT2D eigenvalue weighted by Crippen LogP contribution is 2.37. The van der Waals surface area contributed by atoms with Gasteiger partial charge in [0.1, 0.15) is 11.2 Å². The summed E-state index contributed by atoms with van der Waals surface area (Å²) in [5.41, 5.74) is 11.1. The van der Waals surface area contributed by atoms with Crippen molar-refractivity contribution in [3.8, 4) is 67.5 Å². The summed E-state index contributed by atoms with van der Waals surface area (Å²) in [5.74, 6) is 1.86. The molecule has 230 valence electrons. The Labute approximate surface area is 284 Å². The summed E-state index contributed by atoms with van der Waals surface area (Å²) in [6, 6.07) is 60.4. The maximum atomic E-state index is 6.34. The van der Waals surface area contributed by atoms with Gasteiger partial charge in [-0.05, 0) is 39.9 Å². The second kappa shape index (κ2) is 12.2. The van der Waals surface area contributed by atoms with Gasteiger partial charge in [-0.1, -0.05) is 164 Å². The van der Waals surface area contributed by atoms with Gasteiger partial charge in [0.25, 0.3) is 0 Å². The molecule has 9 rings (SSSR count). The van der Waals surface area contributed by atoms with Crippen LogP contribution in [0.25, 0.3) is 89.5 Å². The Morgan fingerprint density at radius 2 is 0.816 bits per heavy atom. The van der Waals surface area contributed by atoms with Crippen molar-refractivity contribution >= 4 is 21.9 Å². The van der Waals surface area contributed by atoms with E-state index in [0.717, 1.165) is 72.0 Å². The van der Waals surface area contributed by atoms with Gasteiger partial charge in [0.15, 0.2) is 17.5 Å². The summed E-state index contributed by atoms with van der Waals surface area (Å²) in [4.78, 5) is 15.3. The second-order valence-electron chi connectivity index (χ2n) is 12.0. The molecule has 9 aromatic rings. The Bertz CT molecular complexity index is 2590. The molecule has 0 fully saturated rings. The summed E-state index contributed by atoms with van der Waals surface area (Å²) in [7, 11) is 0. The van der Waals surface area contributed by atoms with Crippen molar-refractivity contribution in [3.63, 3.8) is 0 Å². The normalized spacial score (nSPS) is 11.3. The van der Waals surface area contributed by atoms with E-state index in [1.54, 1.807) is 0 Å². The van der Waals surface area contributed by atoms with Crippen molar-refractivity contribution in [1.82, 2.24) is 15.0 Å². The largest absolute Gasteiger partial charge is 0.455 e. The number of aromatic nitrogens is 3. The van der Waals surface area contributed by atoms with E-state index in [4.69, 9.17) is 19.4 Å². The monoisotopic (exact) mass is 627 g/mol. The van der Waals surface area contributed by atoms with E-state index in [1.165, 1.54) is 0 Å². The standard InChI is InChI=1S/C45H29N3O/c1-3-13-30(14-4-1)34-17-11-18-35(29-34)44-46-43(47-45(48-44)40-21-8-7-19-36(40)31-15-5-2-6-16-31)33-27-25-32(26-28-33)37-22-12-23-39-38-20-9-10-24-41(38)49-42(37)39/h1-29H. The van der Waals surface area contributed by atoms with Crippen LogP contribution in [0.1, 0.15) is 0 Å². The van der Waals surface area contributed by atoms with E-state index < -0.39 is 0 Å². The fourth-order valence-corrected chi connectivity index (χ4v) is 6.54. The Hall–Kier alpha value is -6.65. The second-order valence-corrected chi connectivity index (χ2v) is 12.0. The van der Waals surface area contributed by atoms with Crippen LogP contribution in [0.2, 0.25) is 0 Å². The first-order chi connectivity index (χ1) is 24.3. The number of furan rings is 1. The smallest absolute Gasteiger partial charge is 0.164 e. The van der Waals surface area contributed by atoms with Crippen LogP contribution >= 0.6 is 0 Å². The third kappa shape index (κ3) is 5.35. The molecule has 0 unspecified atom stereocenters. The zero-order chi connectivity index (χ0) is 32.6. The lowest BCUT2D eigenvalue weighted by molar-refractivity contribution is 0.670. The fraction of sp³-hybridized carbons (Fsp3) is 0. The van der Waals surface area contributed by atoms with Gasteiger partial charge in [-0.15, -0.1) is 0 Å². The summed E-state index contributed by atoms with van der Waals surface area (Å²) in [6.07, 6.45) is 0. The molecule has 2 aromatic heterocycles. The van der Waals surface area contributed by atoms with Gasteiger partial charge in [0.05, 0.1) is 0 Å². The van der Waals surface area contributed by atoms with E-state index in [-0.39, 0.29) is 0 Å². The lowest BCUT2D eigenvalue weighted by atomic mass is 9.99. The van der Waals surface area contributed by atoms with Crippen LogP contribution in [0, 0.1) is 0 Å². The summed E-state index contributed by atoms with van der Waals surface area (Å²) >= 11 is 0. The van der Waals surface area contributed by atoms with Gasteiger partial charge in [0.2, 0.25) is 0 Å². The van der Waals surface area contributed by atoms with E-state index >= 15 is 0 Å². The maximum absolute atomic E-state index is 6.34. The maximum Gasteiger partial charge on any atom is 0.164 e. The molecular formula is C45H29N3O. The van der Waals surface area contributed by atoms with Crippen LogP contribution in [0.4, 0.5) is 0 Å². The molecular weight excluding hydrogens is 599 g/mol. The van der Waals surface area contributed by atoms with Gasteiger partial charge >= 0.3 is 0 Å². The average Bonchev–Trinajstić information content (AvgIpc) is 3.58. The van der Waals surface area contributed by atoms with Crippen molar-refractivity contribution in [1.29, 1.82) is 0 Å². The number of para-hydroxylation sites is 2. The lowest BCUT2D eigenvalue weighted by Gasteiger charge is -2.13. The molecule has 4 heteroatoms. The lowest BCUT2D eigenvalue weighted by Crippen LogP contribution is -2.01. The van der Waals surface area contributed by atoms with Crippen molar-refractivity contribution in [3.05, 3.63) is 176 Å². The average molecular weight is 628 g/mol. The zero-order valence-electron chi connectivity index (χ0n) is 26.5. The molecule has 7 aromatic carbocycles. The first kappa shape index (κ1) is 28.6. The van der Waals surface area contributed by atoms with Gasteiger partial charge in [-0.3, -0.25) is 0 Å². The summed E-state index contributed by atoms with van der Waals surface area (Å²) < 4.78 is 6.34. The third-order valence-electron chi connectivity index (χ3n) is 8.97. The molecule has 0 saturated heterocycles. The predicted octanol–water partition coefficient (Wildman–Crippen LogP) is 11.8. The van der Waals surface area contributed by atoms with Crippen molar-refractivity contribution in [2.75, 3.05) is 0 Å². The first-order valence-corrected chi connectivity index (χ1v) is 16.4. The summed E-state index contributed by atoms with van der Waals surface area (Å²) in [5, 5.41) is 2.23. The van der Waals surface area contributed by atoms with Gasteiger partial charge in [-0.2, -0.15) is 0 Å². The molecule has 0 aliphatic rings. The van der Waals surface area contributed by atoms with Crippen LogP contribution in [-0.4, -0.2) is 15.0 Å². The number of nitrogens with zero attached hydrogens (tertiary/aromatic N) is 3. The van der Waals surface area contributed by atoms with Gasteiger partial charge < -0.3 is 4.42 Å².